The van der Waals surface area contributed by atoms with Gasteiger partial charge in [0.2, 0.25) is 0 Å². The quantitative estimate of drug-likeness (QED) is 0.480. The zero-order valence-corrected chi connectivity index (χ0v) is 12.3. The molecule has 5 N–H and O–H groups in total. The maximum Gasteiger partial charge on any atom is 0.250 e. The van der Waals surface area contributed by atoms with Gasteiger partial charge in [0.25, 0.3) is 5.91 Å². The first-order valence-electron chi connectivity index (χ1n) is 6.58. The number of carbonyl (C=O) groups excluding carboxylic acids is 1. The van der Waals surface area contributed by atoms with E-state index in [2.05, 4.69) is 11.6 Å². The van der Waals surface area contributed by atoms with Gasteiger partial charge in [0.05, 0.1) is 16.9 Å². The summed E-state index contributed by atoms with van der Waals surface area (Å²) in [6.45, 7) is 0.867. The molecule has 0 radical (unpaired) electrons. The van der Waals surface area contributed by atoms with Crippen LogP contribution >= 0.6 is 11.8 Å². The monoisotopic (exact) mass is 281 g/mol. The normalized spacial score (nSPS) is 10.4. The number of amides is 1. The fourth-order valence-electron chi connectivity index (χ4n) is 1.88. The molecule has 0 heterocycles. The van der Waals surface area contributed by atoms with E-state index in [1.54, 1.807) is 12.1 Å². The highest BCUT2D eigenvalue weighted by molar-refractivity contribution is 7.98. The predicted octanol–water partition coefficient (Wildman–Crippen LogP) is 2.70. The van der Waals surface area contributed by atoms with Gasteiger partial charge in [-0.1, -0.05) is 18.9 Å². The van der Waals surface area contributed by atoms with Crippen LogP contribution in [-0.4, -0.2) is 24.5 Å². The Labute approximate surface area is 119 Å². The highest BCUT2D eigenvalue weighted by atomic mass is 32.2. The summed E-state index contributed by atoms with van der Waals surface area (Å²) in [7, 11) is 0. The van der Waals surface area contributed by atoms with E-state index in [4.69, 9.17) is 11.5 Å². The summed E-state index contributed by atoms with van der Waals surface area (Å²) in [6, 6.07) is 5.30. The summed E-state index contributed by atoms with van der Waals surface area (Å²) in [4.78, 5) is 11.2. The van der Waals surface area contributed by atoms with Crippen molar-refractivity contribution in [2.75, 3.05) is 29.6 Å². The number of benzene rings is 1. The summed E-state index contributed by atoms with van der Waals surface area (Å²) in [6.07, 6.45) is 6.99. The number of thioether (sulfide) groups is 1. The summed E-state index contributed by atoms with van der Waals surface area (Å²) in [5, 5.41) is 3.26. The number of anilines is 2. The molecule has 1 rings (SSSR count). The van der Waals surface area contributed by atoms with Crippen molar-refractivity contribution in [2.24, 2.45) is 5.73 Å². The number of carbonyl (C=O) groups is 1. The lowest BCUT2D eigenvalue weighted by molar-refractivity contribution is 0.100. The van der Waals surface area contributed by atoms with Crippen LogP contribution in [0.1, 0.15) is 36.0 Å². The van der Waals surface area contributed by atoms with Crippen molar-refractivity contribution in [3.63, 3.8) is 0 Å². The van der Waals surface area contributed by atoms with E-state index >= 15 is 0 Å². The second kappa shape index (κ2) is 8.69. The molecule has 0 saturated carbocycles. The molecule has 1 aromatic carbocycles. The third-order valence-electron chi connectivity index (χ3n) is 2.96. The van der Waals surface area contributed by atoms with Crippen molar-refractivity contribution in [3.05, 3.63) is 23.8 Å². The molecule has 0 aliphatic carbocycles. The van der Waals surface area contributed by atoms with Crippen LogP contribution in [0.15, 0.2) is 18.2 Å². The third kappa shape index (κ3) is 5.42. The van der Waals surface area contributed by atoms with E-state index in [-0.39, 0.29) is 0 Å². The fourth-order valence-corrected chi connectivity index (χ4v) is 2.38. The number of rotatable bonds is 9. The van der Waals surface area contributed by atoms with Gasteiger partial charge in [0.15, 0.2) is 0 Å². The molecule has 0 aliphatic rings. The summed E-state index contributed by atoms with van der Waals surface area (Å²) in [5.41, 5.74) is 12.8. The van der Waals surface area contributed by atoms with Crippen LogP contribution in [0.25, 0.3) is 0 Å². The molecule has 0 bridgehead atoms. The minimum absolute atomic E-state index is 0.380. The van der Waals surface area contributed by atoms with Crippen molar-refractivity contribution in [1.82, 2.24) is 0 Å². The molecule has 0 saturated heterocycles. The van der Waals surface area contributed by atoms with Crippen LogP contribution in [0, 0.1) is 0 Å². The first-order valence-corrected chi connectivity index (χ1v) is 7.97. The SMILES string of the molecule is CSCCCCCCNc1cccc(C(N)=O)c1N. The van der Waals surface area contributed by atoms with Gasteiger partial charge < -0.3 is 16.8 Å². The molecule has 0 aromatic heterocycles. The average molecular weight is 281 g/mol. The maximum absolute atomic E-state index is 11.2. The average Bonchev–Trinajstić information content (AvgIpc) is 2.39. The Morgan fingerprint density at radius 2 is 2.00 bits per heavy atom. The van der Waals surface area contributed by atoms with Gasteiger partial charge in [-0.15, -0.1) is 0 Å². The summed E-state index contributed by atoms with van der Waals surface area (Å²) >= 11 is 1.89. The van der Waals surface area contributed by atoms with Crippen LogP contribution in [-0.2, 0) is 0 Å². The van der Waals surface area contributed by atoms with Gasteiger partial charge in [0, 0.05) is 6.54 Å². The molecule has 1 amide bonds. The minimum atomic E-state index is -0.488. The Hall–Kier alpha value is -1.36. The first-order chi connectivity index (χ1) is 9.16. The van der Waals surface area contributed by atoms with E-state index in [9.17, 15) is 4.79 Å². The molecule has 0 fully saturated rings. The maximum atomic E-state index is 11.2. The van der Waals surface area contributed by atoms with Gasteiger partial charge in [-0.3, -0.25) is 4.79 Å². The van der Waals surface area contributed by atoms with Gasteiger partial charge in [-0.25, -0.2) is 0 Å². The Balaban J connectivity index is 2.33. The molecule has 106 valence electrons. The lowest BCUT2D eigenvalue weighted by Crippen LogP contribution is -2.15. The molecule has 1 aromatic rings. The van der Waals surface area contributed by atoms with Crippen LogP contribution in [0.4, 0.5) is 11.4 Å². The highest BCUT2D eigenvalue weighted by Crippen LogP contribution is 2.22. The van der Waals surface area contributed by atoms with E-state index in [1.165, 1.54) is 25.0 Å². The fraction of sp³-hybridized carbons (Fsp3) is 0.500. The topological polar surface area (TPSA) is 81.1 Å². The standard InChI is InChI=1S/C14H23N3OS/c1-19-10-5-3-2-4-9-17-12-8-6-7-11(13(12)15)14(16)18/h6-8,17H,2-5,9-10,15H2,1H3,(H2,16,18). The molecular weight excluding hydrogens is 258 g/mol. The van der Waals surface area contributed by atoms with Crippen LogP contribution in [0.2, 0.25) is 0 Å². The Bertz CT molecular complexity index is 410. The van der Waals surface area contributed by atoms with Gasteiger partial charge in [-0.05, 0) is 37.0 Å². The Kier molecular flexibility index (Phi) is 7.18. The van der Waals surface area contributed by atoms with Crippen LogP contribution < -0.4 is 16.8 Å². The number of primary amides is 1. The minimum Gasteiger partial charge on any atom is -0.396 e. The lowest BCUT2D eigenvalue weighted by Gasteiger charge is -2.11. The van der Waals surface area contributed by atoms with Gasteiger partial charge in [-0.2, -0.15) is 11.8 Å². The van der Waals surface area contributed by atoms with E-state index < -0.39 is 5.91 Å². The van der Waals surface area contributed by atoms with E-state index in [1.807, 2.05) is 17.8 Å². The van der Waals surface area contributed by atoms with Gasteiger partial charge >= 0.3 is 0 Å². The summed E-state index contributed by atoms with van der Waals surface area (Å²) in [5.74, 6) is 0.749. The first kappa shape index (κ1) is 15.7. The van der Waals surface area contributed by atoms with E-state index in [0.29, 0.717) is 11.3 Å². The number of unbranched alkanes of at least 4 members (excludes halogenated alkanes) is 3. The van der Waals surface area contributed by atoms with Crippen LogP contribution in [0.3, 0.4) is 0 Å². The van der Waals surface area contributed by atoms with Crippen LogP contribution in [0.5, 0.6) is 0 Å². The zero-order chi connectivity index (χ0) is 14.1. The van der Waals surface area contributed by atoms with Crippen molar-refractivity contribution >= 4 is 29.0 Å². The number of nitrogen functional groups attached to an aromatic ring is 1. The number of hydrogen-bond acceptors (Lipinski definition) is 4. The molecule has 0 unspecified atom stereocenters. The Morgan fingerprint density at radius 1 is 1.26 bits per heavy atom. The molecule has 0 atom stereocenters. The second-order valence-electron chi connectivity index (χ2n) is 4.46. The molecule has 19 heavy (non-hydrogen) atoms. The molecular formula is C14H23N3OS. The van der Waals surface area contributed by atoms with Crippen molar-refractivity contribution in [3.8, 4) is 0 Å². The predicted molar refractivity (Wildman–Crippen MR) is 84.7 cm³/mol. The lowest BCUT2D eigenvalue weighted by atomic mass is 10.1. The smallest absolute Gasteiger partial charge is 0.250 e. The number of nitrogens with one attached hydrogen (secondary N) is 1. The molecule has 0 aliphatic heterocycles. The second-order valence-corrected chi connectivity index (χ2v) is 5.45. The van der Waals surface area contributed by atoms with Crippen molar-refractivity contribution in [1.29, 1.82) is 0 Å². The molecule has 0 spiro atoms. The zero-order valence-electron chi connectivity index (χ0n) is 11.4. The number of para-hydroxylation sites is 1. The van der Waals surface area contributed by atoms with E-state index in [0.717, 1.165) is 18.7 Å². The van der Waals surface area contributed by atoms with Crippen molar-refractivity contribution < 1.29 is 4.79 Å². The Morgan fingerprint density at radius 3 is 2.68 bits per heavy atom. The largest absolute Gasteiger partial charge is 0.396 e. The van der Waals surface area contributed by atoms with Gasteiger partial charge in [0.1, 0.15) is 0 Å². The third-order valence-corrected chi connectivity index (χ3v) is 3.66. The number of hydrogen-bond donors (Lipinski definition) is 3. The molecule has 4 nitrogen and oxygen atoms in total. The summed E-state index contributed by atoms with van der Waals surface area (Å²) < 4.78 is 0. The number of nitrogens with two attached hydrogens (primary N) is 2. The van der Waals surface area contributed by atoms with Crippen molar-refractivity contribution in [2.45, 2.75) is 25.7 Å². The molecule has 5 heteroatoms. The highest BCUT2D eigenvalue weighted by Gasteiger charge is 2.08.